The van der Waals surface area contributed by atoms with Crippen molar-refractivity contribution in [2.75, 3.05) is 20.3 Å². The van der Waals surface area contributed by atoms with Gasteiger partial charge in [-0.2, -0.15) is 0 Å². The average molecular weight is 681 g/mol. The highest BCUT2D eigenvalue weighted by molar-refractivity contribution is 7.07. The van der Waals surface area contributed by atoms with Crippen molar-refractivity contribution < 1.29 is 23.7 Å². The van der Waals surface area contributed by atoms with Gasteiger partial charge in [-0.25, -0.2) is 9.79 Å². The Morgan fingerprint density at radius 3 is 2.31 bits per heavy atom. The van der Waals surface area contributed by atoms with Crippen molar-refractivity contribution in [2.45, 2.75) is 26.8 Å². The van der Waals surface area contributed by atoms with Gasteiger partial charge < -0.3 is 18.9 Å². The summed E-state index contributed by atoms with van der Waals surface area (Å²) in [6.07, 6.45) is 1.73. The van der Waals surface area contributed by atoms with E-state index in [9.17, 15) is 9.59 Å². The zero-order chi connectivity index (χ0) is 33.8. The van der Waals surface area contributed by atoms with Crippen LogP contribution in [0.25, 0.3) is 6.08 Å². The number of rotatable bonds is 10. The third-order valence-corrected chi connectivity index (χ3v) is 9.20. The second-order valence-electron chi connectivity index (χ2n) is 11.2. The van der Waals surface area contributed by atoms with Crippen LogP contribution in [-0.2, 0) is 4.79 Å². The highest BCUT2D eigenvalue weighted by Crippen LogP contribution is 2.37. The van der Waals surface area contributed by atoms with Crippen molar-refractivity contribution in [1.29, 1.82) is 0 Å². The molecule has 0 saturated carbocycles. The molecule has 0 radical (unpaired) electrons. The number of hydrogen-bond donors (Lipinski definition) is 0. The van der Waals surface area contributed by atoms with E-state index in [0.717, 1.165) is 16.9 Å². The van der Waals surface area contributed by atoms with Crippen molar-refractivity contribution in [3.8, 4) is 23.0 Å². The van der Waals surface area contributed by atoms with Gasteiger partial charge in [-0.15, -0.1) is 0 Å². The molecule has 1 unspecified atom stereocenters. The molecule has 1 aromatic heterocycles. The molecular weight excluding hydrogens is 648 g/mol. The normalized spacial score (nSPS) is 14.3. The van der Waals surface area contributed by atoms with E-state index in [4.69, 9.17) is 30.5 Å². The Labute approximate surface area is 286 Å². The molecule has 1 aliphatic rings. The van der Waals surface area contributed by atoms with Crippen LogP contribution >= 0.6 is 22.9 Å². The molecule has 0 N–H and O–H groups in total. The summed E-state index contributed by atoms with van der Waals surface area (Å²) in [5, 5.41) is 0.323. The summed E-state index contributed by atoms with van der Waals surface area (Å²) in [7, 11) is 1.53. The summed E-state index contributed by atoms with van der Waals surface area (Å²) in [6, 6.07) is 26.9. The number of hydrogen-bond acceptors (Lipinski definition) is 8. The summed E-state index contributed by atoms with van der Waals surface area (Å²) in [5.41, 5.74) is 4.20. The second kappa shape index (κ2) is 14.3. The Kier molecular flexibility index (Phi) is 9.80. The molecule has 0 fully saturated rings. The van der Waals surface area contributed by atoms with Crippen molar-refractivity contribution >= 4 is 35.0 Å². The van der Waals surface area contributed by atoms with E-state index in [-0.39, 0.29) is 17.7 Å². The molecule has 0 spiro atoms. The maximum Gasteiger partial charge on any atom is 0.343 e. The molecule has 1 atom stereocenters. The summed E-state index contributed by atoms with van der Waals surface area (Å²) >= 11 is 7.90. The Bertz CT molecular complexity index is 2190. The minimum atomic E-state index is -0.735. The predicted octanol–water partition coefficient (Wildman–Crippen LogP) is 6.58. The van der Waals surface area contributed by atoms with Crippen LogP contribution in [0.5, 0.6) is 23.0 Å². The number of thiazole rings is 1. The van der Waals surface area contributed by atoms with Crippen LogP contribution in [-0.4, -0.2) is 30.9 Å². The van der Waals surface area contributed by atoms with Crippen molar-refractivity contribution in [2.24, 2.45) is 4.99 Å². The number of halogens is 1. The lowest BCUT2D eigenvalue weighted by atomic mass is 9.96. The van der Waals surface area contributed by atoms with E-state index >= 15 is 0 Å². The number of benzene rings is 4. The maximum atomic E-state index is 14.1. The summed E-state index contributed by atoms with van der Waals surface area (Å²) < 4.78 is 25.1. The number of fused-ring (bicyclic) bond motifs is 1. The fourth-order valence-corrected chi connectivity index (χ4v) is 6.73. The summed E-state index contributed by atoms with van der Waals surface area (Å²) in [5.74, 6) is 1.39. The SMILES string of the molecule is COc1cc(C=c2sc3n(c2=O)C(c2ccccc2)C(C(=O)Oc2ccccc2)=C(C)N=3)cc(Cl)c1OCCOc1ccc(C)c(C)c1. The number of aromatic nitrogens is 1. The van der Waals surface area contributed by atoms with Crippen LogP contribution in [0.1, 0.15) is 35.2 Å². The Hall–Kier alpha value is -5.12. The number of methoxy groups -OCH3 is 1. The number of carbonyl (C=O) groups excluding carboxylic acids is 1. The molecule has 244 valence electrons. The summed E-state index contributed by atoms with van der Waals surface area (Å²) in [6.45, 7) is 6.40. The van der Waals surface area contributed by atoms with Crippen LogP contribution in [0.2, 0.25) is 5.02 Å². The third-order valence-electron chi connectivity index (χ3n) is 7.94. The zero-order valence-electron chi connectivity index (χ0n) is 26.9. The number of ether oxygens (including phenoxy) is 4. The maximum absolute atomic E-state index is 14.1. The molecule has 0 bridgehead atoms. The second-order valence-corrected chi connectivity index (χ2v) is 12.6. The molecule has 5 aromatic rings. The van der Waals surface area contributed by atoms with Crippen LogP contribution < -0.4 is 33.8 Å². The molecule has 0 saturated heterocycles. The molecule has 0 amide bonds. The van der Waals surface area contributed by atoms with Gasteiger partial charge in [0.15, 0.2) is 16.3 Å². The Morgan fingerprint density at radius 1 is 0.896 bits per heavy atom. The van der Waals surface area contributed by atoms with Crippen LogP contribution in [0, 0.1) is 13.8 Å². The fraction of sp³-hybridized carbons (Fsp3) is 0.184. The lowest BCUT2D eigenvalue weighted by molar-refractivity contribution is -0.130. The molecule has 2 heterocycles. The first-order valence-corrected chi connectivity index (χ1v) is 16.5. The first kappa shape index (κ1) is 32.8. The monoisotopic (exact) mass is 680 g/mol. The number of carbonyl (C=O) groups is 1. The number of aryl methyl sites for hydroxylation is 2. The van der Waals surface area contributed by atoms with Crippen molar-refractivity contribution in [3.63, 3.8) is 0 Å². The van der Waals surface area contributed by atoms with E-state index in [1.54, 1.807) is 54.0 Å². The van der Waals surface area contributed by atoms with Gasteiger partial charge in [0.25, 0.3) is 5.56 Å². The van der Waals surface area contributed by atoms with Crippen molar-refractivity contribution in [1.82, 2.24) is 4.57 Å². The van der Waals surface area contributed by atoms with Gasteiger partial charge >= 0.3 is 5.97 Å². The molecule has 0 aliphatic carbocycles. The third kappa shape index (κ3) is 6.93. The minimum Gasteiger partial charge on any atom is -0.493 e. The first-order valence-electron chi connectivity index (χ1n) is 15.3. The fourth-order valence-electron chi connectivity index (χ4n) is 5.41. The van der Waals surface area contributed by atoms with E-state index in [0.29, 0.717) is 49.5 Å². The van der Waals surface area contributed by atoms with Gasteiger partial charge in [0.05, 0.1) is 34.0 Å². The molecule has 8 nitrogen and oxygen atoms in total. The number of esters is 1. The van der Waals surface area contributed by atoms with Gasteiger partial charge in [0.2, 0.25) is 0 Å². The largest absolute Gasteiger partial charge is 0.493 e. The predicted molar refractivity (Wildman–Crippen MR) is 187 cm³/mol. The van der Waals surface area contributed by atoms with Gasteiger partial charge in [-0.1, -0.05) is 77.5 Å². The van der Waals surface area contributed by atoms with Crippen LogP contribution in [0.4, 0.5) is 0 Å². The van der Waals surface area contributed by atoms with E-state index in [1.165, 1.54) is 24.0 Å². The molecule has 4 aromatic carbocycles. The number of nitrogens with zero attached hydrogens (tertiary/aromatic N) is 2. The number of allylic oxidation sites excluding steroid dienone is 1. The van der Waals surface area contributed by atoms with Gasteiger partial charge in [0.1, 0.15) is 24.7 Å². The highest BCUT2D eigenvalue weighted by Gasteiger charge is 2.33. The van der Waals surface area contributed by atoms with E-state index in [1.807, 2.05) is 61.5 Å². The Balaban J connectivity index is 1.30. The standard InChI is InChI=1S/C38H33ClN2O6S/c1-23-15-16-29(19-24(23)2)45-17-18-46-35-30(39)20-26(21-31(35)44-4)22-32-36(42)41-34(27-11-7-5-8-12-27)33(25(3)40-38(41)48-32)37(43)47-28-13-9-6-10-14-28/h5-16,19-22,34H,17-18H2,1-4H3. The molecule has 6 rings (SSSR count). The van der Waals surface area contributed by atoms with Gasteiger partial charge in [-0.3, -0.25) is 9.36 Å². The molecular formula is C38H33ClN2O6S. The quantitative estimate of drug-likeness (QED) is 0.0942. The van der Waals surface area contributed by atoms with E-state index in [2.05, 4.69) is 11.9 Å². The van der Waals surface area contributed by atoms with Crippen molar-refractivity contribution in [3.05, 3.63) is 149 Å². The van der Waals surface area contributed by atoms with Crippen LogP contribution in [0.3, 0.4) is 0 Å². The Morgan fingerprint density at radius 2 is 1.60 bits per heavy atom. The summed E-state index contributed by atoms with van der Waals surface area (Å²) in [4.78, 5) is 32.8. The van der Waals surface area contributed by atoms with E-state index < -0.39 is 12.0 Å². The molecule has 48 heavy (non-hydrogen) atoms. The zero-order valence-corrected chi connectivity index (χ0v) is 28.4. The van der Waals surface area contributed by atoms with Crippen LogP contribution in [0.15, 0.2) is 112 Å². The molecule has 10 heteroatoms. The first-order chi connectivity index (χ1) is 23.2. The smallest absolute Gasteiger partial charge is 0.343 e. The lowest BCUT2D eigenvalue weighted by Crippen LogP contribution is -2.40. The molecule has 1 aliphatic heterocycles. The van der Waals surface area contributed by atoms with Gasteiger partial charge in [-0.05, 0) is 85.5 Å². The topological polar surface area (TPSA) is 88.4 Å². The minimum absolute atomic E-state index is 0.245. The highest BCUT2D eigenvalue weighted by atomic mass is 35.5. The average Bonchev–Trinajstić information content (AvgIpc) is 3.38. The number of para-hydroxylation sites is 1. The lowest BCUT2D eigenvalue weighted by Gasteiger charge is -2.24. The van der Waals surface area contributed by atoms with Gasteiger partial charge in [0, 0.05) is 0 Å².